The lowest BCUT2D eigenvalue weighted by molar-refractivity contribution is -0.153. The summed E-state index contributed by atoms with van der Waals surface area (Å²) in [6.07, 6.45) is 1.94. The summed E-state index contributed by atoms with van der Waals surface area (Å²) in [5, 5.41) is 0. The number of sulfone groups is 1. The van der Waals surface area contributed by atoms with Gasteiger partial charge in [-0.3, -0.25) is 14.4 Å². The molecule has 1 atom stereocenters. The molecule has 0 spiro atoms. The van der Waals surface area contributed by atoms with E-state index in [2.05, 4.69) is 6.58 Å². The Morgan fingerprint density at radius 2 is 1.97 bits per heavy atom. The first kappa shape index (κ1) is 23.0. The summed E-state index contributed by atoms with van der Waals surface area (Å²) in [5.41, 5.74) is 1.83. The van der Waals surface area contributed by atoms with Crippen LogP contribution in [0.2, 0.25) is 0 Å². The van der Waals surface area contributed by atoms with Crippen molar-refractivity contribution in [2.45, 2.75) is 38.6 Å². The van der Waals surface area contributed by atoms with Crippen LogP contribution in [0.15, 0.2) is 30.8 Å². The SMILES string of the molecule is C=C1c2ccccc2C(=O)N1CCC(=O)OCC(=O)N(CCCC)C1CCS(=O)(=O)C1. The number of esters is 1. The lowest BCUT2D eigenvalue weighted by Crippen LogP contribution is -2.44. The Morgan fingerprint density at radius 3 is 2.58 bits per heavy atom. The van der Waals surface area contributed by atoms with E-state index in [0.29, 0.717) is 24.2 Å². The maximum absolute atomic E-state index is 12.6. The monoisotopic (exact) mass is 448 g/mol. The van der Waals surface area contributed by atoms with Gasteiger partial charge in [0.25, 0.3) is 11.8 Å². The number of benzene rings is 1. The largest absolute Gasteiger partial charge is 0.456 e. The fourth-order valence-electron chi connectivity index (χ4n) is 3.93. The number of carbonyl (C=O) groups is 3. The number of fused-ring (bicyclic) bond motifs is 1. The van der Waals surface area contributed by atoms with Gasteiger partial charge >= 0.3 is 5.97 Å². The van der Waals surface area contributed by atoms with Crippen molar-refractivity contribution in [3.05, 3.63) is 42.0 Å². The van der Waals surface area contributed by atoms with Crippen LogP contribution in [-0.2, 0) is 24.2 Å². The lowest BCUT2D eigenvalue weighted by Gasteiger charge is -2.28. The highest BCUT2D eigenvalue weighted by molar-refractivity contribution is 7.91. The van der Waals surface area contributed by atoms with E-state index in [1.807, 2.05) is 13.0 Å². The molecule has 2 aliphatic rings. The van der Waals surface area contributed by atoms with Crippen LogP contribution in [0.4, 0.5) is 0 Å². The van der Waals surface area contributed by atoms with Crippen LogP contribution in [0.1, 0.15) is 48.5 Å². The predicted molar refractivity (Wildman–Crippen MR) is 116 cm³/mol. The van der Waals surface area contributed by atoms with E-state index >= 15 is 0 Å². The highest BCUT2D eigenvalue weighted by atomic mass is 32.2. The normalized spacial score (nSPS) is 19.4. The molecule has 2 heterocycles. The molecule has 8 nitrogen and oxygen atoms in total. The second-order valence-electron chi connectivity index (χ2n) is 7.86. The molecule has 0 aliphatic carbocycles. The van der Waals surface area contributed by atoms with Crippen molar-refractivity contribution in [1.29, 1.82) is 0 Å². The summed E-state index contributed by atoms with van der Waals surface area (Å²) in [6, 6.07) is 6.74. The van der Waals surface area contributed by atoms with E-state index in [-0.39, 0.29) is 36.4 Å². The molecule has 1 aromatic rings. The summed E-state index contributed by atoms with van der Waals surface area (Å²) in [5.74, 6) is -1.17. The van der Waals surface area contributed by atoms with Crippen LogP contribution in [0.5, 0.6) is 0 Å². The average Bonchev–Trinajstić information content (AvgIpc) is 3.22. The van der Waals surface area contributed by atoms with Gasteiger partial charge in [-0.15, -0.1) is 0 Å². The van der Waals surface area contributed by atoms with Gasteiger partial charge in [0.2, 0.25) is 0 Å². The number of carbonyl (C=O) groups excluding carboxylic acids is 3. The molecule has 2 aliphatic heterocycles. The van der Waals surface area contributed by atoms with Crippen molar-refractivity contribution in [2.75, 3.05) is 31.2 Å². The van der Waals surface area contributed by atoms with Crippen molar-refractivity contribution >= 4 is 33.3 Å². The molecule has 0 radical (unpaired) electrons. The van der Waals surface area contributed by atoms with E-state index in [1.165, 1.54) is 9.80 Å². The first-order valence-electron chi connectivity index (χ1n) is 10.5. The van der Waals surface area contributed by atoms with Gasteiger partial charge in [0.15, 0.2) is 16.4 Å². The molecule has 0 aromatic heterocycles. The smallest absolute Gasteiger partial charge is 0.308 e. The molecule has 1 unspecified atom stereocenters. The van der Waals surface area contributed by atoms with E-state index < -0.39 is 28.3 Å². The van der Waals surface area contributed by atoms with E-state index in [1.54, 1.807) is 18.2 Å². The Morgan fingerprint density at radius 1 is 1.26 bits per heavy atom. The van der Waals surface area contributed by atoms with Crippen molar-refractivity contribution in [2.24, 2.45) is 0 Å². The fourth-order valence-corrected chi connectivity index (χ4v) is 5.66. The maximum atomic E-state index is 12.6. The highest BCUT2D eigenvalue weighted by Gasteiger charge is 2.35. The molecule has 2 amide bonds. The second kappa shape index (κ2) is 9.64. The molecule has 0 N–H and O–H groups in total. The summed E-state index contributed by atoms with van der Waals surface area (Å²) in [7, 11) is -3.13. The zero-order valence-electron chi connectivity index (χ0n) is 17.7. The zero-order chi connectivity index (χ0) is 22.6. The van der Waals surface area contributed by atoms with Crippen LogP contribution in [0, 0.1) is 0 Å². The molecule has 1 aromatic carbocycles. The number of rotatable bonds is 9. The maximum Gasteiger partial charge on any atom is 0.308 e. The van der Waals surface area contributed by atoms with Gasteiger partial charge < -0.3 is 14.5 Å². The quantitative estimate of drug-likeness (QED) is 0.535. The van der Waals surface area contributed by atoms with Crippen LogP contribution < -0.4 is 0 Å². The molecule has 9 heteroatoms. The van der Waals surface area contributed by atoms with E-state index in [0.717, 1.165) is 18.4 Å². The standard InChI is InChI=1S/C22H28N2O6S/c1-3-4-11-24(17-10-13-31(28,29)15-17)20(25)14-30-21(26)9-12-23-16(2)18-7-5-6-8-19(18)22(23)27/h5-8,17H,2-4,9-15H2,1H3. The molecule has 0 bridgehead atoms. The molecule has 31 heavy (non-hydrogen) atoms. The van der Waals surface area contributed by atoms with Crippen LogP contribution >= 0.6 is 0 Å². The highest BCUT2D eigenvalue weighted by Crippen LogP contribution is 2.31. The van der Waals surface area contributed by atoms with Gasteiger partial charge in [0.1, 0.15) is 0 Å². The molecular weight excluding hydrogens is 420 g/mol. The minimum absolute atomic E-state index is 0.0455. The van der Waals surface area contributed by atoms with Crippen molar-refractivity contribution in [3.63, 3.8) is 0 Å². The summed E-state index contributed by atoms with van der Waals surface area (Å²) in [6.45, 7) is 6.03. The Balaban J connectivity index is 1.51. The number of amides is 2. The van der Waals surface area contributed by atoms with Crippen LogP contribution in [0.3, 0.4) is 0 Å². The van der Waals surface area contributed by atoms with Gasteiger partial charge in [-0.25, -0.2) is 8.42 Å². The minimum Gasteiger partial charge on any atom is -0.456 e. The molecule has 168 valence electrons. The molecule has 1 fully saturated rings. The lowest BCUT2D eigenvalue weighted by atomic mass is 10.1. The van der Waals surface area contributed by atoms with Crippen LogP contribution in [0.25, 0.3) is 5.70 Å². The fraction of sp³-hybridized carbons (Fsp3) is 0.500. The number of hydrogen-bond acceptors (Lipinski definition) is 6. The molecule has 1 saturated heterocycles. The molecule has 0 saturated carbocycles. The Hall–Kier alpha value is -2.68. The minimum atomic E-state index is -3.13. The predicted octanol–water partition coefficient (Wildman–Crippen LogP) is 1.86. The van der Waals surface area contributed by atoms with Gasteiger partial charge in [-0.2, -0.15) is 0 Å². The summed E-state index contributed by atoms with van der Waals surface area (Å²) >= 11 is 0. The second-order valence-corrected chi connectivity index (χ2v) is 10.1. The molecule has 3 rings (SSSR count). The van der Waals surface area contributed by atoms with Crippen molar-refractivity contribution in [1.82, 2.24) is 9.80 Å². The summed E-state index contributed by atoms with van der Waals surface area (Å²) < 4.78 is 28.7. The number of hydrogen-bond donors (Lipinski definition) is 0. The van der Waals surface area contributed by atoms with Crippen molar-refractivity contribution < 1.29 is 27.5 Å². The third-order valence-corrected chi connectivity index (χ3v) is 7.41. The van der Waals surface area contributed by atoms with Gasteiger partial charge in [0, 0.05) is 36.0 Å². The third-order valence-electron chi connectivity index (χ3n) is 5.66. The zero-order valence-corrected chi connectivity index (χ0v) is 18.5. The molecular formula is C22H28N2O6S. The average molecular weight is 449 g/mol. The van der Waals surface area contributed by atoms with E-state index in [4.69, 9.17) is 4.74 Å². The number of nitrogens with zero attached hydrogens (tertiary/aromatic N) is 2. The Labute approximate surface area is 182 Å². The number of unbranched alkanes of at least 4 members (excludes halogenated alkanes) is 1. The number of ether oxygens (including phenoxy) is 1. The van der Waals surface area contributed by atoms with Crippen molar-refractivity contribution in [3.8, 4) is 0 Å². The van der Waals surface area contributed by atoms with E-state index in [9.17, 15) is 22.8 Å². The van der Waals surface area contributed by atoms with Gasteiger partial charge in [0.05, 0.1) is 17.9 Å². The first-order chi connectivity index (χ1) is 14.7. The summed E-state index contributed by atoms with van der Waals surface area (Å²) in [4.78, 5) is 40.3. The van der Waals surface area contributed by atoms with Crippen LogP contribution in [-0.4, -0.2) is 73.2 Å². The Bertz CT molecular complexity index is 952. The third kappa shape index (κ3) is 5.33. The van der Waals surface area contributed by atoms with Gasteiger partial charge in [-0.05, 0) is 18.9 Å². The first-order valence-corrected chi connectivity index (χ1v) is 12.3. The Kier molecular flexibility index (Phi) is 7.15. The topological polar surface area (TPSA) is 101 Å². The van der Waals surface area contributed by atoms with Gasteiger partial charge in [-0.1, -0.05) is 38.1 Å².